The molecule has 0 aliphatic carbocycles. The van der Waals surface area contributed by atoms with Crippen LogP contribution >= 0.6 is 11.6 Å². The average molecular weight is 636 g/mol. The molecule has 2 aromatic carbocycles. The molecule has 5 rings (SSSR count). The Morgan fingerprint density at radius 2 is 1.82 bits per heavy atom. The van der Waals surface area contributed by atoms with Gasteiger partial charge in [-0.2, -0.15) is 0 Å². The lowest BCUT2D eigenvalue weighted by molar-refractivity contribution is -0.144. The Balaban J connectivity index is 1.58. The molecular weight excluding hydrogens is 594 g/mol. The molecular formula is C35H42ClN3O6. The van der Waals surface area contributed by atoms with Crippen LogP contribution in [-0.2, 0) is 19.1 Å². The molecule has 3 amide bonds. The fourth-order valence-electron chi connectivity index (χ4n) is 7.51. The maximum atomic E-state index is 14.8. The molecule has 2 aromatic rings. The first-order valence-electron chi connectivity index (χ1n) is 15.6. The highest BCUT2D eigenvalue weighted by Crippen LogP contribution is 2.59. The van der Waals surface area contributed by atoms with Crippen LogP contribution in [0.25, 0.3) is 0 Å². The van der Waals surface area contributed by atoms with Crippen molar-refractivity contribution in [1.29, 1.82) is 0 Å². The molecule has 240 valence electrons. The van der Waals surface area contributed by atoms with Crippen molar-refractivity contribution < 1.29 is 29.0 Å². The molecule has 1 N–H and O–H groups in total. The number of rotatable bonds is 13. The average Bonchev–Trinajstić information content (AvgIpc) is 3.68. The van der Waals surface area contributed by atoms with Crippen molar-refractivity contribution in [3.8, 4) is 5.75 Å². The number of halogens is 1. The molecule has 3 aliphatic rings. The predicted octanol–water partition coefficient (Wildman–Crippen LogP) is 4.93. The summed E-state index contributed by atoms with van der Waals surface area (Å²) in [5.41, 5.74) is 0.719. The lowest BCUT2D eigenvalue weighted by atomic mass is 9.70. The number of hydrogen-bond donors (Lipinski definition) is 1. The molecule has 9 nitrogen and oxygen atoms in total. The Labute approximate surface area is 270 Å². The predicted molar refractivity (Wildman–Crippen MR) is 175 cm³/mol. The Kier molecular flexibility index (Phi) is 9.72. The van der Waals surface area contributed by atoms with Crippen molar-refractivity contribution in [3.63, 3.8) is 0 Å². The number of likely N-dealkylation sites (tertiary alicyclic amines) is 1. The fourth-order valence-corrected chi connectivity index (χ4v) is 7.84. The Morgan fingerprint density at radius 1 is 1.13 bits per heavy atom. The molecule has 0 saturated carbocycles. The van der Waals surface area contributed by atoms with Crippen LogP contribution < -0.4 is 14.5 Å². The number of hydrogen-bond acceptors (Lipinski definition) is 6. The summed E-state index contributed by atoms with van der Waals surface area (Å²) < 4.78 is 12.3. The van der Waals surface area contributed by atoms with E-state index in [9.17, 15) is 19.5 Å². The van der Waals surface area contributed by atoms with E-state index in [1.54, 1.807) is 40.2 Å². The van der Waals surface area contributed by atoms with E-state index in [0.717, 1.165) is 5.56 Å². The van der Waals surface area contributed by atoms with Crippen LogP contribution in [0.1, 0.15) is 38.7 Å². The zero-order valence-corrected chi connectivity index (χ0v) is 26.9. The van der Waals surface area contributed by atoms with Gasteiger partial charge in [-0.1, -0.05) is 42.8 Å². The fraction of sp³-hybridized carbons (Fsp3) is 0.457. The SMILES string of the molecule is C=CCN(C(=O)[C@@H]1[C@@H]2CCC3(O2)C(C(=O)N(CC=C)c2c(C)cccc2Cl)N([C@@H](CC)CO)C(=O)[C@H]13)c1ccc(OCC)cc1. The first kappa shape index (κ1) is 32.7. The van der Waals surface area contributed by atoms with Gasteiger partial charge in [-0.3, -0.25) is 14.4 Å². The van der Waals surface area contributed by atoms with Crippen LogP contribution in [0.5, 0.6) is 5.75 Å². The van der Waals surface area contributed by atoms with Gasteiger partial charge in [-0.05, 0) is 69.0 Å². The molecule has 1 spiro atoms. The number of para-hydroxylation sites is 1. The molecule has 2 unspecified atom stereocenters. The molecule has 3 heterocycles. The maximum absolute atomic E-state index is 14.8. The largest absolute Gasteiger partial charge is 0.494 e. The number of aliphatic hydroxyl groups is 1. The van der Waals surface area contributed by atoms with Crippen LogP contribution in [0.2, 0.25) is 5.02 Å². The first-order chi connectivity index (χ1) is 21.7. The van der Waals surface area contributed by atoms with E-state index in [0.29, 0.717) is 48.0 Å². The van der Waals surface area contributed by atoms with E-state index in [1.165, 1.54) is 4.90 Å². The van der Waals surface area contributed by atoms with E-state index in [2.05, 4.69) is 13.2 Å². The highest BCUT2D eigenvalue weighted by atomic mass is 35.5. The van der Waals surface area contributed by atoms with Crippen molar-refractivity contribution in [2.24, 2.45) is 11.8 Å². The summed E-state index contributed by atoms with van der Waals surface area (Å²) in [6.45, 7) is 13.9. The molecule has 45 heavy (non-hydrogen) atoms. The van der Waals surface area contributed by atoms with E-state index in [1.807, 2.05) is 45.0 Å². The summed E-state index contributed by atoms with van der Waals surface area (Å²) in [6, 6.07) is 10.9. The van der Waals surface area contributed by atoms with Gasteiger partial charge >= 0.3 is 0 Å². The molecule has 3 saturated heterocycles. The number of nitrogens with zero attached hydrogens (tertiary/aromatic N) is 3. The van der Waals surface area contributed by atoms with Gasteiger partial charge in [0.1, 0.15) is 17.4 Å². The summed E-state index contributed by atoms with van der Waals surface area (Å²) in [6.07, 6.45) is 4.09. The number of aliphatic hydroxyl groups excluding tert-OH is 1. The van der Waals surface area contributed by atoms with Crippen LogP contribution in [0, 0.1) is 18.8 Å². The number of aryl methyl sites for hydroxylation is 1. The summed E-state index contributed by atoms with van der Waals surface area (Å²) in [5, 5.41) is 10.8. The van der Waals surface area contributed by atoms with Gasteiger partial charge in [0.05, 0.1) is 47.9 Å². The second-order valence-corrected chi connectivity index (χ2v) is 12.3. The quantitative estimate of drug-likeness (QED) is 0.314. The van der Waals surface area contributed by atoms with Gasteiger partial charge < -0.3 is 29.3 Å². The van der Waals surface area contributed by atoms with Crippen molar-refractivity contribution in [2.75, 3.05) is 36.1 Å². The van der Waals surface area contributed by atoms with Gasteiger partial charge in [-0.25, -0.2) is 0 Å². The van der Waals surface area contributed by atoms with Gasteiger partial charge in [0, 0.05) is 18.8 Å². The van der Waals surface area contributed by atoms with Crippen molar-refractivity contribution >= 4 is 40.7 Å². The number of carbonyl (C=O) groups excluding carboxylic acids is 3. The summed E-state index contributed by atoms with van der Waals surface area (Å²) in [5.74, 6) is -2.02. The topological polar surface area (TPSA) is 99.6 Å². The van der Waals surface area contributed by atoms with Crippen LogP contribution in [0.3, 0.4) is 0 Å². The number of amides is 3. The molecule has 2 bridgehead atoms. The molecule has 0 radical (unpaired) electrons. The van der Waals surface area contributed by atoms with E-state index in [-0.39, 0.29) is 37.4 Å². The third-order valence-corrected chi connectivity index (χ3v) is 9.71. The Bertz CT molecular complexity index is 1440. The first-order valence-corrected chi connectivity index (χ1v) is 16.0. The third kappa shape index (κ3) is 5.45. The van der Waals surface area contributed by atoms with Crippen LogP contribution in [-0.4, -0.2) is 77.8 Å². The Morgan fingerprint density at radius 3 is 2.42 bits per heavy atom. The highest BCUT2D eigenvalue weighted by Gasteiger charge is 2.75. The normalized spacial score (nSPS) is 25.5. The van der Waals surface area contributed by atoms with Gasteiger partial charge in [0.25, 0.3) is 5.91 Å². The maximum Gasteiger partial charge on any atom is 0.253 e. The molecule has 0 aromatic heterocycles. The van der Waals surface area contributed by atoms with Gasteiger partial charge in [0.15, 0.2) is 0 Å². The third-order valence-electron chi connectivity index (χ3n) is 9.41. The molecule has 3 aliphatic heterocycles. The molecule has 10 heteroatoms. The minimum Gasteiger partial charge on any atom is -0.494 e. The second-order valence-electron chi connectivity index (χ2n) is 11.9. The van der Waals surface area contributed by atoms with E-state index < -0.39 is 35.6 Å². The smallest absolute Gasteiger partial charge is 0.253 e. The van der Waals surface area contributed by atoms with Crippen molar-refractivity contribution in [3.05, 3.63) is 78.4 Å². The lowest BCUT2D eigenvalue weighted by Gasteiger charge is -2.39. The van der Waals surface area contributed by atoms with Gasteiger partial charge in [-0.15, -0.1) is 13.2 Å². The van der Waals surface area contributed by atoms with Gasteiger partial charge in [0.2, 0.25) is 11.8 Å². The standard InChI is InChI=1S/C35H42ClN3O6/c1-6-19-37(24-13-15-25(16-14-24)44-9-4)32(41)28-27-17-18-35(45-27)29(28)33(42)39(23(8-3)21-40)31(35)34(43)38(20-7-2)30-22(5)11-10-12-26(30)36/h6-7,10-16,23,27-29,31,40H,1-2,8-9,17-21H2,3-5H3/t23-,27-,28+,29-,31?,35?/m0/s1. The molecule has 6 atom stereocenters. The zero-order chi connectivity index (χ0) is 32.5. The van der Waals surface area contributed by atoms with E-state index in [4.69, 9.17) is 21.1 Å². The molecule has 3 fully saturated rings. The number of fused-ring (bicyclic) bond motifs is 1. The summed E-state index contributed by atoms with van der Waals surface area (Å²) in [7, 11) is 0. The van der Waals surface area contributed by atoms with Crippen LogP contribution in [0.4, 0.5) is 11.4 Å². The van der Waals surface area contributed by atoms with Crippen molar-refractivity contribution in [2.45, 2.75) is 63.8 Å². The Hall–Kier alpha value is -3.66. The monoisotopic (exact) mass is 635 g/mol. The lowest BCUT2D eigenvalue weighted by Crippen LogP contribution is -2.59. The highest BCUT2D eigenvalue weighted by molar-refractivity contribution is 6.34. The number of ether oxygens (including phenoxy) is 2. The minimum atomic E-state index is -1.24. The minimum absolute atomic E-state index is 0.148. The zero-order valence-electron chi connectivity index (χ0n) is 26.2. The summed E-state index contributed by atoms with van der Waals surface area (Å²) >= 11 is 6.65. The number of benzene rings is 2. The summed E-state index contributed by atoms with van der Waals surface area (Å²) in [4.78, 5) is 48.5. The van der Waals surface area contributed by atoms with Crippen molar-refractivity contribution in [1.82, 2.24) is 4.90 Å². The number of anilines is 2. The van der Waals surface area contributed by atoms with E-state index >= 15 is 0 Å². The van der Waals surface area contributed by atoms with Crippen LogP contribution in [0.15, 0.2) is 67.8 Å². The second kappa shape index (κ2) is 13.4. The number of carbonyl (C=O) groups is 3.